The van der Waals surface area contributed by atoms with Gasteiger partial charge >= 0.3 is 12.1 Å². The number of aliphatic hydroxyl groups excluding tert-OH is 1. The average Bonchev–Trinajstić information content (AvgIpc) is 3.61. The zero-order chi connectivity index (χ0) is 33.9. The summed E-state index contributed by atoms with van der Waals surface area (Å²) in [5, 5.41) is 24.4. The number of allylic oxidation sites excluding steroid dienone is 2. The van der Waals surface area contributed by atoms with Crippen LogP contribution in [0, 0.1) is 11.8 Å². The van der Waals surface area contributed by atoms with E-state index < -0.39 is 36.4 Å². The molecule has 0 aliphatic carbocycles. The smallest absolute Gasteiger partial charge is 0.430 e. The summed E-state index contributed by atoms with van der Waals surface area (Å²) in [6, 6.07) is -1.02. The Balaban J connectivity index is 0.000000900. The lowest BCUT2D eigenvalue weighted by Gasteiger charge is -2.29. The maximum Gasteiger partial charge on any atom is 0.430 e. The molecule has 0 saturated carbocycles. The maximum atomic E-state index is 13.3. The topological polar surface area (TPSA) is 175 Å². The van der Waals surface area contributed by atoms with Gasteiger partial charge in [0.15, 0.2) is 0 Å². The third-order valence-corrected chi connectivity index (χ3v) is 7.85. The molecule has 2 bridgehead atoms. The predicted octanol–water partition coefficient (Wildman–Crippen LogP) is 2.06. The van der Waals surface area contributed by atoms with E-state index in [1.54, 1.807) is 22.4 Å². The molecule has 0 aromatic carbocycles. The molecule has 11 nitrogen and oxygen atoms in total. The van der Waals surface area contributed by atoms with Gasteiger partial charge in [-0.2, -0.15) is 13.2 Å². The van der Waals surface area contributed by atoms with Gasteiger partial charge in [0.1, 0.15) is 23.8 Å². The standard InChI is InChI=1S/C28H40N4O5S.C2HF3O2/c1-17(2)26-19(4)9-10-24(34)30-11-5-7-18(3)13-21(33)14-20(29)15-25-31-22(16-38-25)27(35)32-12-6-8-23(32)28(36)37-26;3-2(4,5)1(6)7/h5,7,9-10,13,16-17,19-21,23,26,33H,6,8,11-12,14-15,29H2,1-4H3,(H,30,34);(H,6,7)/p-1/b7-5?,10-9+,18-13?;/t19-,20-,21-,23-,26-;/m1./s1. The quantitative estimate of drug-likeness (QED) is 0.382. The lowest BCUT2D eigenvalue weighted by atomic mass is 9.94. The molecule has 2 aliphatic rings. The average molecular weight is 658 g/mol. The molecule has 2 amide bonds. The SMILES string of the molecule is CC1=C[C@@H](O)C[C@@H](N)Cc2nc(cs2)C(=O)N2CCC[C@@H]2C(=O)O[C@H](C(C)C)[C@H](C)/C=C/C(=O)NCC=C1.O=C([O-])C(F)(F)F. The number of hydrogen-bond donors (Lipinski definition) is 3. The van der Waals surface area contributed by atoms with Gasteiger partial charge in [-0.3, -0.25) is 9.59 Å². The molecule has 0 unspecified atom stereocenters. The number of carbonyl (C=O) groups is 4. The van der Waals surface area contributed by atoms with Crippen molar-refractivity contribution in [2.24, 2.45) is 17.6 Å². The Kier molecular flexibility index (Phi) is 14.4. The number of thiazole rings is 1. The lowest BCUT2D eigenvalue weighted by Crippen LogP contribution is -2.44. The van der Waals surface area contributed by atoms with Gasteiger partial charge in [0.05, 0.1) is 11.1 Å². The van der Waals surface area contributed by atoms with Crippen molar-refractivity contribution < 1.29 is 47.3 Å². The van der Waals surface area contributed by atoms with Crippen LogP contribution in [0.25, 0.3) is 0 Å². The van der Waals surface area contributed by atoms with Crippen molar-refractivity contribution in [1.82, 2.24) is 15.2 Å². The molecule has 0 spiro atoms. The molecule has 1 aromatic rings. The van der Waals surface area contributed by atoms with Crippen LogP contribution in [0.2, 0.25) is 0 Å². The first-order valence-corrected chi connectivity index (χ1v) is 15.4. The summed E-state index contributed by atoms with van der Waals surface area (Å²) in [6.45, 7) is 8.49. The van der Waals surface area contributed by atoms with Crippen molar-refractivity contribution in [3.8, 4) is 0 Å². The maximum absolute atomic E-state index is 13.3. The van der Waals surface area contributed by atoms with Crippen LogP contribution in [0.15, 0.2) is 41.3 Å². The first kappa shape index (κ1) is 37.6. The number of fused-ring (bicyclic) bond motifs is 3. The van der Waals surface area contributed by atoms with E-state index in [1.165, 1.54) is 17.4 Å². The Morgan fingerprint density at radius 1 is 1.27 bits per heavy atom. The Morgan fingerprint density at radius 3 is 2.56 bits per heavy atom. The number of nitrogens with two attached hydrogens (primary N) is 1. The molecular formula is C30H40F3N4O7S-. The number of aromatic nitrogens is 1. The summed E-state index contributed by atoms with van der Waals surface area (Å²) in [4.78, 5) is 53.6. The summed E-state index contributed by atoms with van der Waals surface area (Å²) in [7, 11) is 0. The van der Waals surface area contributed by atoms with Crippen LogP contribution >= 0.6 is 11.3 Å². The van der Waals surface area contributed by atoms with E-state index in [9.17, 15) is 32.7 Å². The van der Waals surface area contributed by atoms with Crippen molar-refractivity contribution in [3.63, 3.8) is 0 Å². The molecule has 4 N–H and O–H groups in total. The minimum absolute atomic E-state index is 0.0139. The van der Waals surface area contributed by atoms with Gasteiger partial charge in [0.2, 0.25) is 5.91 Å². The van der Waals surface area contributed by atoms with Gasteiger partial charge in [0.25, 0.3) is 5.91 Å². The van der Waals surface area contributed by atoms with E-state index in [-0.39, 0.29) is 29.7 Å². The lowest BCUT2D eigenvalue weighted by molar-refractivity contribution is -0.344. The molecule has 1 saturated heterocycles. The van der Waals surface area contributed by atoms with Gasteiger partial charge in [-0.15, -0.1) is 11.3 Å². The molecule has 3 rings (SSSR count). The number of aliphatic hydroxyl groups is 1. The highest BCUT2D eigenvalue weighted by Gasteiger charge is 2.38. The fourth-order valence-corrected chi connectivity index (χ4v) is 5.69. The van der Waals surface area contributed by atoms with Crippen LogP contribution in [0.1, 0.15) is 62.5 Å². The Bertz CT molecular complexity index is 1280. The van der Waals surface area contributed by atoms with Crippen molar-refractivity contribution in [2.45, 2.75) is 83.8 Å². The van der Waals surface area contributed by atoms with E-state index in [0.29, 0.717) is 49.5 Å². The van der Waals surface area contributed by atoms with E-state index in [1.807, 2.05) is 39.8 Å². The number of amides is 2. The second-order valence-electron chi connectivity index (χ2n) is 11.3. The van der Waals surface area contributed by atoms with Gasteiger partial charge in [-0.1, -0.05) is 50.6 Å². The van der Waals surface area contributed by atoms with E-state index in [4.69, 9.17) is 20.4 Å². The summed E-state index contributed by atoms with van der Waals surface area (Å²) in [5.74, 6) is -4.18. The summed E-state index contributed by atoms with van der Waals surface area (Å²) < 4.78 is 37.5. The normalized spacial score (nSPS) is 26.6. The van der Waals surface area contributed by atoms with Crippen LogP contribution in [-0.2, 0) is 25.5 Å². The predicted molar refractivity (Wildman–Crippen MR) is 158 cm³/mol. The molecule has 5 atom stereocenters. The number of carbonyl (C=O) groups excluding carboxylic acids is 4. The number of ether oxygens (including phenoxy) is 1. The summed E-state index contributed by atoms with van der Waals surface area (Å²) in [6.07, 6.45) is 4.18. The van der Waals surface area contributed by atoms with E-state index in [2.05, 4.69) is 10.3 Å². The molecular weight excluding hydrogens is 617 g/mol. The van der Waals surface area contributed by atoms with Crippen molar-refractivity contribution in [2.75, 3.05) is 13.1 Å². The van der Waals surface area contributed by atoms with Crippen molar-refractivity contribution >= 4 is 35.1 Å². The number of esters is 1. The van der Waals surface area contributed by atoms with Gasteiger partial charge in [-0.25, -0.2) is 9.78 Å². The van der Waals surface area contributed by atoms with Crippen LogP contribution in [0.5, 0.6) is 0 Å². The molecule has 45 heavy (non-hydrogen) atoms. The highest BCUT2D eigenvalue weighted by molar-refractivity contribution is 7.09. The first-order chi connectivity index (χ1) is 21.0. The van der Waals surface area contributed by atoms with E-state index in [0.717, 1.165) is 5.57 Å². The second-order valence-corrected chi connectivity index (χ2v) is 12.2. The number of rotatable bonds is 1. The highest BCUT2D eigenvalue weighted by atomic mass is 32.1. The molecule has 1 aromatic heterocycles. The number of cyclic esters (lactones) is 1. The van der Waals surface area contributed by atoms with Crippen molar-refractivity contribution in [3.05, 3.63) is 52.0 Å². The zero-order valence-electron chi connectivity index (χ0n) is 25.6. The van der Waals surface area contributed by atoms with Crippen LogP contribution in [-0.4, -0.2) is 82.3 Å². The minimum Gasteiger partial charge on any atom is -0.542 e. The van der Waals surface area contributed by atoms with Gasteiger partial charge < -0.3 is 35.7 Å². The van der Waals surface area contributed by atoms with Crippen LogP contribution in [0.4, 0.5) is 13.2 Å². The van der Waals surface area contributed by atoms with Crippen LogP contribution in [0.3, 0.4) is 0 Å². The molecule has 3 heterocycles. The van der Waals surface area contributed by atoms with Crippen LogP contribution < -0.4 is 16.2 Å². The number of halogens is 3. The Labute approximate surface area is 264 Å². The van der Waals surface area contributed by atoms with Gasteiger partial charge in [0, 0.05) is 36.9 Å². The number of aliphatic carboxylic acids is 1. The molecule has 0 radical (unpaired) electrons. The fourth-order valence-electron chi connectivity index (χ4n) is 4.82. The number of nitrogens with zero attached hydrogens (tertiary/aromatic N) is 2. The number of nitrogens with one attached hydrogen (secondary N) is 1. The van der Waals surface area contributed by atoms with E-state index >= 15 is 0 Å². The summed E-state index contributed by atoms with van der Waals surface area (Å²) >= 11 is 1.35. The first-order valence-electron chi connectivity index (χ1n) is 14.5. The number of hydrogen-bond acceptors (Lipinski definition) is 10. The summed E-state index contributed by atoms with van der Waals surface area (Å²) in [5.41, 5.74) is 7.40. The van der Waals surface area contributed by atoms with Crippen molar-refractivity contribution in [1.29, 1.82) is 0 Å². The Morgan fingerprint density at radius 2 is 1.93 bits per heavy atom. The Hall–Kier alpha value is -3.56. The molecule has 1 fully saturated rings. The minimum atomic E-state index is -5.19. The number of carboxylic acid groups (broad SMARTS) is 1. The fraction of sp³-hybridized carbons (Fsp3) is 0.567. The third-order valence-electron chi connectivity index (χ3n) is 6.98. The number of alkyl halides is 3. The third kappa shape index (κ3) is 12.4. The highest BCUT2D eigenvalue weighted by Crippen LogP contribution is 2.26. The van der Waals surface area contributed by atoms with Gasteiger partial charge in [-0.05, 0) is 38.2 Å². The monoisotopic (exact) mass is 657 g/mol. The largest absolute Gasteiger partial charge is 0.542 e. The number of carboxylic acids is 1. The second kappa shape index (κ2) is 17.2. The molecule has 2 aliphatic heterocycles. The molecule has 250 valence electrons. The zero-order valence-corrected chi connectivity index (χ0v) is 26.4. The molecule has 15 heteroatoms.